The van der Waals surface area contributed by atoms with Gasteiger partial charge in [-0.05, 0) is 70.8 Å². The number of hydrogen-bond donors (Lipinski definition) is 0. The highest BCUT2D eigenvalue weighted by Gasteiger charge is 2.27. The first-order valence-electron chi connectivity index (χ1n) is 7.38. The fraction of sp³-hybridized carbons (Fsp3) is 0.278. The quantitative estimate of drug-likeness (QED) is 0.769. The lowest BCUT2D eigenvalue weighted by Crippen LogP contribution is -2.41. The van der Waals surface area contributed by atoms with E-state index in [0.717, 1.165) is 35.4 Å². The monoisotopic (exact) mass is 329 g/mol. The van der Waals surface area contributed by atoms with E-state index in [0.29, 0.717) is 6.04 Å². The molecule has 3 rings (SSSR count). The summed E-state index contributed by atoms with van der Waals surface area (Å²) >= 11 is 3.32. The lowest BCUT2D eigenvalue weighted by Gasteiger charge is -2.32. The fourth-order valence-electron chi connectivity index (χ4n) is 2.55. The van der Waals surface area contributed by atoms with E-state index < -0.39 is 0 Å². The third-order valence-corrected chi connectivity index (χ3v) is 5.23. The summed E-state index contributed by atoms with van der Waals surface area (Å²) in [6.45, 7) is 5.82. The van der Waals surface area contributed by atoms with Gasteiger partial charge in [0.15, 0.2) is 5.78 Å². The summed E-state index contributed by atoms with van der Waals surface area (Å²) in [4.78, 5) is 15.1. The Morgan fingerprint density at radius 1 is 1.00 bits per heavy atom. The zero-order chi connectivity index (χ0) is 15.5. The molecule has 0 aromatic carbocycles. The third kappa shape index (κ3) is 3.46. The molecule has 0 atom stereocenters. The molecular weight excluding hydrogens is 310 g/mol. The first-order valence-corrected chi connectivity index (χ1v) is 9.26. The van der Waals surface area contributed by atoms with Gasteiger partial charge in [-0.15, -0.1) is 0 Å². The largest absolute Gasteiger partial charge is 0.292 e. The lowest BCUT2D eigenvalue weighted by molar-refractivity contribution is -0.113. The number of ketones is 1. The van der Waals surface area contributed by atoms with Crippen LogP contribution in [-0.2, 0) is 4.79 Å². The van der Waals surface area contributed by atoms with Crippen LogP contribution in [0.3, 0.4) is 0 Å². The third-order valence-electron chi connectivity index (χ3n) is 3.83. The molecule has 0 aliphatic carbocycles. The molecule has 0 amide bonds. The number of Topliss-reactive ketones (excluding diaryl/α,β-unsaturated/α-hetero) is 1. The van der Waals surface area contributed by atoms with Crippen molar-refractivity contribution in [2.24, 2.45) is 0 Å². The Hall–Kier alpha value is -1.49. The molecule has 3 heterocycles. The van der Waals surface area contributed by atoms with E-state index in [1.54, 1.807) is 22.7 Å². The maximum Gasteiger partial charge on any atom is 0.187 e. The molecule has 2 aromatic rings. The van der Waals surface area contributed by atoms with Crippen LogP contribution >= 0.6 is 22.7 Å². The Bertz CT molecular complexity index is 637. The van der Waals surface area contributed by atoms with Gasteiger partial charge < -0.3 is 0 Å². The van der Waals surface area contributed by atoms with Crippen molar-refractivity contribution in [3.8, 4) is 0 Å². The average Bonchev–Trinajstić information content (AvgIpc) is 3.16. The second-order valence-corrected chi connectivity index (χ2v) is 7.34. The van der Waals surface area contributed by atoms with Crippen LogP contribution in [0.25, 0.3) is 12.2 Å². The summed E-state index contributed by atoms with van der Waals surface area (Å²) in [5, 5.41) is 8.25. The molecule has 1 saturated heterocycles. The molecular formula is C18H19NOS2. The Balaban J connectivity index is 1.95. The molecule has 22 heavy (non-hydrogen) atoms. The van der Waals surface area contributed by atoms with Gasteiger partial charge in [-0.1, -0.05) is 0 Å². The van der Waals surface area contributed by atoms with Crippen LogP contribution in [0.15, 0.2) is 44.8 Å². The second-order valence-electron chi connectivity index (χ2n) is 5.78. The molecule has 0 saturated carbocycles. The number of piperidine rings is 1. The topological polar surface area (TPSA) is 20.3 Å². The molecule has 0 bridgehead atoms. The number of rotatable bonds is 3. The van der Waals surface area contributed by atoms with E-state index in [2.05, 4.69) is 41.6 Å². The molecule has 2 nitrogen and oxygen atoms in total. The van der Waals surface area contributed by atoms with E-state index >= 15 is 0 Å². The summed E-state index contributed by atoms with van der Waals surface area (Å²) in [5.74, 6) is 0.189. The number of hydrogen-bond acceptors (Lipinski definition) is 4. The number of likely N-dealkylation sites (tertiary alicyclic amines) is 1. The zero-order valence-electron chi connectivity index (χ0n) is 12.8. The van der Waals surface area contributed by atoms with E-state index in [1.807, 2.05) is 22.9 Å². The van der Waals surface area contributed by atoms with Crippen molar-refractivity contribution in [3.63, 3.8) is 0 Å². The van der Waals surface area contributed by atoms with Gasteiger partial charge >= 0.3 is 0 Å². The van der Waals surface area contributed by atoms with Crippen molar-refractivity contribution in [2.45, 2.75) is 19.9 Å². The summed E-state index contributed by atoms with van der Waals surface area (Å²) in [5.41, 5.74) is 4.02. The van der Waals surface area contributed by atoms with E-state index in [-0.39, 0.29) is 5.78 Å². The van der Waals surface area contributed by atoms with E-state index in [1.165, 1.54) is 0 Å². The van der Waals surface area contributed by atoms with Gasteiger partial charge in [0.1, 0.15) is 0 Å². The van der Waals surface area contributed by atoms with Gasteiger partial charge in [-0.3, -0.25) is 9.69 Å². The van der Waals surface area contributed by atoms with Gasteiger partial charge in [-0.2, -0.15) is 22.7 Å². The molecule has 0 spiro atoms. The van der Waals surface area contributed by atoms with Crippen molar-refractivity contribution in [1.29, 1.82) is 0 Å². The standard InChI is InChI=1S/C18H19NOS2/c1-13(2)19-9-16(7-14-3-5-21-11-14)18(20)17(10-19)8-15-4-6-22-12-15/h3-8,11-13H,9-10H2,1-2H3. The van der Waals surface area contributed by atoms with Gasteiger partial charge in [0.05, 0.1) is 0 Å². The summed E-state index contributed by atoms with van der Waals surface area (Å²) in [6, 6.07) is 4.54. The van der Waals surface area contributed by atoms with Crippen LogP contribution in [0.4, 0.5) is 0 Å². The van der Waals surface area contributed by atoms with Gasteiger partial charge in [0.2, 0.25) is 0 Å². The maximum absolute atomic E-state index is 12.8. The van der Waals surface area contributed by atoms with Crippen LogP contribution < -0.4 is 0 Å². The zero-order valence-corrected chi connectivity index (χ0v) is 14.4. The van der Waals surface area contributed by atoms with E-state index in [9.17, 15) is 4.79 Å². The highest BCUT2D eigenvalue weighted by molar-refractivity contribution is 7.08. The van der Waals surface area contributed by atoms with Crippen LogP contribution in [0.2, 0.25) is 0 Å². The van der Waals surface area contributed by atoms with Crippen LogP contribution in [0.5, 0.6) is 0 Å². The predicted molar refractivity (Wildman–Crippen MR) is 96.3 cm³/mol. The first-order chi connectivity index (χ1) is 10.6. The minimum Gasteiger partial charge on any atom is -0.292 e. The minimum absolute atomic E-state index is 0.189. The lowest BCUT2D eigenvalue weighted by atomic mass is 9.94. The summed E-state index contributed by atoms with van der Waals surface area (Å²) < 4.78 is 0. The molecule has 114 valence electrons. The first kappa shape index (κ1) is 15.4. The summed E-state index contributed by atoms with van der Waals surface area (Å²) in [7, 11) is 0. The summed E-state index contributed by atoms with van der Waals surface area (Å²) in [6.07, 6.45) is 4.07. The average molecular weight is 329 g/mol. The van der Waals surface area contributed by atoms with Gasteiger partial charge in [0.25, 0.3) is 0 Å². The van der Waals surface area contributed by atoms with Crippen molar-refractivity contribution in [2.75, 3.05) is 13.1 Å². The molecule has 1 aliphatic heterocycles. The Morgan fingerprint density at radius 2 is 1.50 bits per heavy atom. The molecule has 4 heteroatoms. The Labute approximate surface area is 139 Å². The smallest absolute Gasteiger partial charge is 0.187 e. The van der Waals surface area contributed by atoms with Crippen molar-refractivity contribution in [3.05, 3.63) is 55.9 Å². The maximum atomic E-state index is 12.8. The SMILES string of the molecule is CC(C)N1CC(=Cc2ccsc2)C(=O)C(=Cc2ccsc2)C1. The van der Waals surface area contributed by atoms with Gasteiger partial charge in [0, 0.05) is 30.3 Å². The van der Waals surface area contributed by atoms with Crippen molar-refractivity contribution < 1.29 is 4.79 Å². The molecule has 0 radical (unpaired) electrons. The number of nitrogens with zero attached hydrogens (tertiary/aromatic N) is 1. The fourth-order valence-corrected chi connectivity index (χ4v) is 3.78. The van der Waals surface area contributed by atoms with Crippen LogP contribution in [0, 0.1) is 0 Å². The molecule has 0 N–H and O–H groups in total. The number of carbonyl (C=O) groups is 1. The number of carbonyl (C=O) groups excluding carboxylic acids is 1. The second kappa shape index (κ2) is 6.73. The van der Waals surface area contributed by atoms with Crippen molar-refractivity contribution >= 4 is 40.6 Å². The van der Waals surface area contributed by atoms with Crippen molar-refractivity contribution in [1.82, 2.24) is 4.90 Å². The normalized spacial score (nSPS) is 20.4. The Kier molecular flexibility index (Phi) is 4.71. The highest BCUT2D eigenvalue weighted by Crippen LogP contribution is 2.24. The molecule has 2 aromatic heterocycles. The van der Waals surface area contributed by atoms with Crippen LogP contribution in [0.1, 0.15) is 25.0 Å². The Morgan fingerprint density at radius 3 is 1.86 bits per heavy atom. The molecule has 0 unspecified atom stereocenters. The minimum atomic E-state index is 0.189. The number of thiophene rings is 2. The molecule has 1 aliphatic rings. The highest BCUT2D eigenvalue weighted by atomic mass is 32.1. The molecule has 1 fully saturated rings. The van der Waals surface area contributed by atoms with Crippen LogP contribution in [-0.4, -0.2) is 29.8 Å². The van der Waals surface area contributed by atoms with E-state index in [4.69, 9.17) is 0 Å². The predicted octanol–water partition coefficient (Wildman–Crippen LogP) is 4.57. The van der Waals surface area contributed by atoms with Gasteiger partial charge in [-0.25, -0.2) is 0 Å².